The standard InChI is InChI=1S/C38H25N5/c1-4-12-26(13-5-1)37-39-40-38(42(37)28-16-8-3-9-17-28)43-35-19-11-10-18-30(35)33-21-20-29-31-24-25-41(27-14-6-2-7-15-27)34(31)23-22-32(29)36(33)43/h1-25H. The van der Waals surface area contributed by atoms with Crippen LogP contribution in [0, 0.1) is 0 Å². The Hall–Kier alpha value is -5.94. The molecule has 0 fully saturated rings. The van der Waals surface area contributed by atoms with Crippen LogP contribution >= 0.6 is 0 Å². The first-order chi connectivity index (χ1) is 21.4. The molecule has 0 N–H and O–H groups in total. The van der Waals surface area contributed by atoms with Gasteiger partial charge in [0.15, 0.2) is 5.82 Å². The third-order valence-electron chi connectivity index (χ3n) is 8.43. The van der Waals surface area contributed by atoms with Gasteiger partial charge in [-0.05, 0) is 47.9 Å². The molecule has 43 heavy (non-hydrogen) atoms. The van der Waals surface area contributed by atoms with Crippen molar-refractivity contribution in [1.82, 2.24) is 23.9 Å². The number of aromatic nitrogens is 5. The summed E-state index contributed by atoms with van der Waals surface area (Å²) in [4.78, 5) is 0. The number of hydrogen-bond acceptors (Lipinski definition) is 2. The number of nitrogens with zero attached hydrogens (tertiary/aromatic N) is 5. The molecule has 0 atom stereocenters. The van der Waals surface area contributed by atoms with Crippen molar-refractivity contribution in [2.75, 3.05) is 0 Å². The number of para-hydroxylation sites is 3. The number of rotatable bonds is 4. The molecule has 202 valence electrons. The highest BCUT2D eigenvalue weighted by Crippen LogP contribution is 2.40. The van der Waals surface area contributed by atoms with E-state index < -0.39 is 0 Å². The summed E-state index contributed by atoms with van der Waals surface area (Å²) in [5.41, 5.74) is 6.57. The second-order valence-electron chi connectivity index (χ2n) is 10.8. The molecule has 0 radical (unpaired) electrons. The molecule has 0 spiro atoms. The first-order valence-electron chi connectivity index (χ1n) is 14.4. The van der Waals surface area contributed by atoms with Crippen LogP contribution in [0.4, 0.5) is 0 Å². The average Bonchev–Trinajstić information content (AvgIpc) is 3.80. The molecule has 3 heterocycles. The zero-order chi connectivity index (χ0) is 28.3. The lowest BCUT2D eigenvalue weighted by atomic mass is 10.0. The largest absolute Gasteiger partial charge is 0.317 e. The van der Waals surface area contributed by atoms with Crippen molar-refractivity contribution < 1.29 is 0 Å². The summed E-state index contributed by atoms with van der Waals surface area (Å²) in [6.07, 6.45) is 2.16. The van der Waals surface area contributed by atoms with Crippen molar-refractivity contribution in [3.63, 3.8) is 0 Å². The van der Waals surface area contributed by atoms with Gasteiger partial charge >= 0.3 is 0 Å². The molecule has 0 aliphatic heterocycles. The van der Waals surface area contributed by atoms with Crippen molar-refractivity contribution >= 4 is 43.5 Å². The van der Waals surface area contributed by atoms with Gasteiger partial charge in [0.2, 0.25) is 5.95 Å². The zero-order valence-corrected chi connectivity index (χ0v) is 23.2. The van der Waals surface area contributed by atoms with Crippen molar-refractivity contribution in [3.05, 3.63) is 152 Å². The molecule has 6 aromatic carbocycles. The normalized spacial score (nSPS) is 11.7. The van der Waals surface area contributed by atoms with Gasteiger partial charge in [0.1, 0.15) is 0 Å². The molecule has 5 heteroatoms. The van der Waals surface area contributed by atoms with E-state index in [1.54, 1.807) is 0 Å². The first kappa shape index (κ1) is 23.7. The van der Waals surface area contributed by atoms with E-state index in [4.69, 9.17) is 10.2 Å². The molecule has 0 saturated heterocycles. The molecule has 0 unspecified atom stereocenters. The third kappa shape index (κ3) is 3.52. The Morgan fingerprint density at radius 2 is 1.00 bits per heavy atom. The van der Waals surface area contributed by atoms with E-state index >= 15 is 0 Å². The van der Waals surface area contributed by atoms with E-state index in [0.717, 1.165) is 39.7 Å². The van der Waals surface area contributed by atoms with Crippen LogP contribution < -0.4 is 0 Å². The van der Waals surface area contributed by atoms with E-state index in [2.05, 4.69) is 141 Å². The van der Waals surface area contributed by atoms with Crippen LogP contribution in [0.15, 0.2) is 152 Å². The van der Waals surface area contributed by atoms with Crippen LogP contribution in [0.1, 0.15) is 0 Å². The van der Waals surface area contributed by atoms with Gasteiger partial charge in [0.05, 0.1) is 22.2 Å². The zero-order valence-electron chi connectivity index (χ0n) is 23.2. The Labute approximate surface area is 247 Å². The lowest BCUT2D eigenvalue weighted by molar-refractivity contribution is 0.935. The molecule has 0 saturated carbocycles. The molecule has 3 aromatic heterocycles. The SMILES string of the molecule is c1ccc(-c2nnc(-n3c4ccccc4c4ccc5c6ccn(-c7ccccc7)c6ccc5c43)n2-c2ccccc2)cc1. The van der Waals surface area contributed by atoms with Crippen LogP contribution in [-0.2, 0) is 0 Å². The van der Waals surface area contributed by atoms with Gasteiger partial charge in [0, 0.05) is 39.0 Å². The third-order valence-corrected chi connectivity index (χ3v) is 8.43. The van der Waals surface area contributed by atoms with Crippen LogP contribution in [0.5, 0.6) is 0 Å². The maximum absolute atomic E-state index is 4.90. The summed E-state index contributed by atoms with van der Waals surface area (Å²) < 4.78 is 6.72. The molecule has 5 nitrogen and oxygen atoms in total. The highest BCUT2D eigenvalue weighted by molar-refractivity contribution is 6.22. The summed E-state index contributed by atoms with van der Waals surface area (Å²) in [6, 6.07) is 51.0. The van der Waals surface area contributed by atoms with Gasteiger partial charge in [-0.3, -0.25) is 9.13 Å². The Balaban J connectivity index is 1.40. The van der Waals surface area contributed by atoms with Gasteiger partial charge in [-0.2, -0.15) is 0 Å². The minimum atomic E-state index is 0.755. The Bertz CT molecular complexity index is 2430. The van der Waals surface area contributed by atoms with Crippen LogP contribution in [0.25, 0.3) is 72.2 Å². The quantitative estimate of drug-likeness (QED) is 0.219. The van der Waals surface area contributed by atoms with Crippen molar-refractivity contribution in [3.8, 4) is 28.7 Å². The molecule has 9 aromatic rings. The van der Waals surface area contributed by atoms with Gasteiger partial charge < -0.3 is 4.57 Å². The highest BCUT2D eigenvalue weighted by Gasteiger charge is 2.23. The molecule has 0 amide bonds. The maximum Gasteiger partial charge on any atom is 0.241 e. The molecule has 0 aliphatic rings. The molecular weight excluding hydrogens is 526 g/mol. The molecular formula is C38H25N5. The fourth-order valence-electron chi connectivity index (χ4n) is 6.52. The molecule has 9 rings (SSSR count). The fraction of sp³-hybridized carbons (Fsp3) is 0. The predicted octanol–water partition coefficient (Wildman–Crippen LogP) is 9.13. The first-order valence-corrected chi connectivity index (χ1v) is 14.4. The smallest absolute Gasteiger partial charge is 0.241 e. The summed E-state index contributed by atoms with van der Waals surface area (Å²) >= 11 is 0. The predicted molar refractivity (Wildman–Crippen MR) is 175 cm³/mol. The van der Waals surface area contributed by atoms with E-state index in [0.29, 0.717) is 0 Å². The van der Waals surface area contributed by atoms with Crippen molar-refractivity contribution in [2.24, 2.45) is 0 Å². The minimum absolute atomic E-state index is 0.755. The Morgan fingerprint density at radius 3 is 1.79 bits per heavy atom. The van der Waals surface area contributed by atoms with Gasteiger partial charge in [0.25, 0.3) is 0 Å². The summed E-state index contributed by atoms with van der Waals surface area (Å²) in [6.45, 7) is 0. The van der Waals surface area contributed by atoms with Gasteiger partial charge in [-0.25, -0.2) is 0 Å². The van der Waals surface area contributed by atoms with E-state index in [1.807, 2.05) is 24.3 Å². The van der Waals surface area contributed by atoms with E-state index in [1.165, 1.54) is 32.4 Å². The van der Waals surface area contributed by atoms with Crippen molar-refractivity contribution in [2.45, 2.75) is 0 Å². The van der Waals surface area contributed by atoms with E-state index in [9.17, 15) is 0 Å². The lowest BCUT2D eigenvalue weighted by Crippen LogP contribution is -2.07. The second-order valence-corrected chi connectivity index (χ2v) is 10.8. The highest BCUT2D eigenvalue weighted by atomic mass is 15.4. The number of hydrogen-bond donors (Lipinski definition) is 0. The topological polar surface area (TPSA) is 40.6 Å². The fourth-order valence-corrected chi connectivity index (χ4v) is 6.52. The summed E-state index contributed by atoms with van der Waals surface area (Å²) in [5, 5.41) is 15.7. The van der Waals surface area contributed by atoms with Crippen LogP contribution in [0.3, 0.4) is 0 Å². The van der Waals surface area contributed by atoms with Crippen LogP contribution in [0.2, 0.25) is 0 Å². The average molecular weight is 552 g/mol. The molecule has 0 aliphatic carbocycles. The maximum atomic E-state index is 4.90. The van der Waals surface area contributed by atoms with Gasteiger partial charge in [-0.1, -0.05) is 103 Å². The molecule has 0 bridgehead atoms. The summed E-state index contributed by atoms with van der Waals surface area (Å²) in [7, 11) is 0. The Kier molecular flexibility index (Phi) is 5.13. The van der Waals surface area contributed by atoms with Crippen molar-refractivity contribution in [1.29, 1.82) is 0 Å². The number of benzene rings is 6. The van der Waals surface area contributed by atoms with Crippen LogP contribution in [-0.4, -0.2) is 23.9 Å². The monoisotopic (exact) mass is 551 g/mol. The Morgan fingerprint density at radius 1 is 0.395 bits per heavy atom. The minimum Gasteiger partial charge on any atom is -0.317 e. The van der Waals surface area contributed by atoms with Gasteiger partial charge in [-0.15, -0.1) is 10.2 Å². The van der Waals surface area contributed by atoms with E-state index in [-0.39, 0.29) is 0 Å². The lowest BCUT2D eigenvalue weighted by Gasteiger charge is -2.14. The second kappa shape index (κ2) is 9.29. The number of fused-ring (bicyclic) bond motifs is 7. The summed E-state index contributed by atoms with van der Waals surface area (Å²) in [5.74, 6) is 1.56.